The molecule has 0 aliphatic heterocycles. The lowest BCUT2D eigenvalue weighted by molar-refractivity contribution is -0.0220. The third kappa shape index (κ3) is 5.40. The molecule has 1 unspecified atom stereocenters. The van der Waals surface area contributed by atoms with Gasteiger partial charge >= 0.3 is 0 Å². The highest BCUT2D eigenvalue weighted by atomic mass is 16.7. The number of hydrogen-bond acceptors (Lipinski definition) is 6. The minimum Gasteiger partial charge on any atom is -0.389 e. The zero-order valence-electron chi connectivity index (χ0n) is 12.8. The van der Waals surface area contributed by atoms with E-state index in [0.717, 1.165) is 13.1 Å². The van der Waals surface area contributed by atoms with E-state index in [1.165, 1.54) is 18.3 Å². The number of carbonyl (C=O) groups is 2. The number of amides is 2. The maximum atomic E-state index is 11.9. The van der Waals surface area contributed by atoms with Gasteiger partial charge in [-0.25, -0.2) is 5.48 Å². The van der Waals surface area contributed by atoms with Gasteiger partial charge in [-0.1, -0.05) is 13.8 Å². The molecule has 122 valence electrons. The molecular formula is C14H22N4O4. The summed E-state index contributed by atoms with van der Waals surface area (Å²) in [5.41, 5.74) is 7.21. The summed E-state index contributed by atoms with van der Waals surface area (Å²) in [6.45, 7) is 6.01. The molecule has 1 aromatic rings. The Kier molecular flexibility index (Phi) is 7.44. The number of hydroxylamine groups is 1. The van der Waals surface area contributed by atoms with E-state index in [1.54, 1.807) is 0 Å². The lowest BCUT2D eigenvalue weighted by Gasteiger charge is -2.21. The summed E-state index contributed by atoms with van der Waals surface area (Å²) in [6.07, 6.45) is 0.635. The van der Waals surface area contributed by atoms with Crippen LogP contribution in [-0.4, -0.2) is 59.1 Å². The van der Waals surface area contributed by atoms with Crippen LogP contribution < -0.4 is 11.2 Å². The van der Waals surface area contributed by atoms with Gasteiger partial charge in [-0.05, 0) is 25.2 Å². The fraction of sp³-hybridized carbons (Fsp3) is 0.500. The van der Waals surface area contributed by atoms with Gasteiger partial charge in [0.05, 0.1) is 11.7 Å². The van der Waals surface area contributed by atoms with Gasteiger partial charge in [0.1, 0.15) is 12.3 Å². The van der Waals surface area contributed by atoms with E-state index in [-0.39, 0.29) is 17.9 Å². The molecule has 4 N–H and O–H groups in total. The average molecular weight is 310 g/mol. The molecule has 8 heteroatoms. The Labute approximate surface area is 129 Å². The zero-order valence-corrected chi connectivity index (χ0v) is 12.8. The monoisotopic (exact) mass is 310 g/mol. The number of aliphatic hydroxyl groups is 1. The van der Waals surface area contributed by atoms with E-state index < -0.39 is 17.9 Å². The molecule has 1 rings (SSSR count). The fourth-order valence-electron chi connectivity index (χ4n) is 1.88. The van der Waals surface area contributed by atoms with Gasteiger partial charge < -0.3 is 15.7 Å². The summed E-state index contributed by atoms with van der Waals surface area (Å²) in [5, 5.41) is 9.80. The van der Waals surface area contributed by atoms with Crippen molar-refractivity contribution in [1.29, 1.82) is 0 Å². The topological polar surface area (TPSA) is 118 Å². The molecule has 1 aromatic heterocycles. The normalized spacial score (nSPS) is 12.2. The fourth-order valence-corrected chi connectivity index (χ4v) is 1.88. The molecular weight excluding hydrogens is 288 g/mol. The van der Waals surface area contributed by atoms with Gasteiger partial charge in [0.25, 0.3) is 11.8 Å². The van der Waals surface area contributed by atoms with Crippen molar-refractivity contribution in [3.05, 3.63) is 29.6 Å². The molecule has 0 saturated carbocycles. The first kappa shape index (κ1) is 18.0. The van der Waals surface area contributed by atoms with Crippen LogP contribution in [0.4, 0.5) is 0 Å². The Hall–Kier alpha value is -2.03. The van der Waals surface area contributed by atoms with Crippen LogP contribution >= 0.6 is 0 Å². The van der Waals surface area contributed by atoms with Gasteiger partial charge in [0, 0.05) is 12.7 Å². The first-order chi connectivity index (χ1) is 10.5. The van der Waals surface area contributed by atoms with Crippen molar-refractivity contribution in [3.8, 4) is 0 Å². The van der Waals surface area contributed by atoms with Crippen LogP contribution in [0.3, 0.4) is 0 Å². The van der Waals surface area contributed by atoms with Crippen LogP contribution in [0, 0.1) is 0 Å². The predicted molar refractivity (Wildman–Crippen MR) is 80.0 cm³/mol. The molecule has 0 saturated heterocycles. The number of primary amides is 1. The summed E-state index contributed by atoms with van der Waals surface area (Å²) < 4.78 is 0. The Bertz CT molecular complexity index is 505. The first-order valence-electron chi connectivity index (χ1n) is 7.06. The molecule has 22 heavy (non-hydrogen) atoms. The van der Waals surface area contributed by atoms with E-state index in [0.29, 0.717) is 6.54 Å². The minimum atomic E-state index is -0.799. The minimum absolute atomic E-state index is 0.0215. The molecule has 0 aliphatic rings. The van der Waals surface area contributed by atoms with Crippen molar-refractivity contribution >= 4 is 11.8 Å². The second-order valence-corrected chi connectivity index (χ2v) is 4.65. The number of aromatic nitrogens is 1. The molecule has 1 heterocycles. The maximum Gasteiger partial charge on any atom is 0.277 e. The lowest BCUT2D eigenvalue weighted by atomic mass is 10.2. The SMILES string of the molecule is CCN(CC)CC(O)CONC(=O)c1cccnc1C(N)=O. The second kappa shape index (κ2) is 9.08. The zero-order chi connectivity index (χ0) is 16.5. The van der Waals surface area contributed by atoms with Crippen molar-refractivity contribution in [1.82, 2.24) is 15.4 Å². The number of likely N-dealkylation sites (N-methyl/N-ethyl adjacent to an activating group) is 1. The van der Waals surface area contributed by atoms with Crippen LogP contribution in [0.1, 0.15) is 34.7 Å². The number of nitrogens with two attached hydrogens (primary N) is 1. The van der Waals surface area contributed by atoms with Crippen molar-refractivity contribution < 1.29 is 19.5 Å². The van der Waals surface area contributed by atoms with E-state index in [2.05, 4.69) is 10.5 Å². The Morgan fingerprint density at radius 1 is 1.45 bits per heavy atom. The molecule has 0 spiro atoms. The van der Waals surface area contributed by atoms with Gasteiger partial charge in [0.15, 0.2) is 0 Å². The smallest absolute Gasteiger partial charge is 0.277 e. The number of nitrogens with one attached hydrogen (secondary N) is 1. The number of carbonyl (C=O) groups excluding carboxylic acids is 2. The molecule has 1 atom stereocenters. The van der Waals surface area contributed by atoms with Crippen molar-refractivity contribution in [3.63, 3.8) is 0 Å². The highest BCUT2D eigenvalue weighted by molar-refractivity contribution is 6.04. The van der Waals surface area contributed by atoms with Crippen LogP contribution in [0.5, 0.6) is 0 Å². The van der Waals surface area contributed by atoms with E-state index in [9.17, 15) is 14.7 Å². The van der Waals surface area contributed by atoms with Crippen molar-refractivity contribution in [2.45, 2.75) is 20.0 Å². The van der Waals surface area contributed by atoms with Gasteiger partial charge in [-0.3, -0.25) is 19.4 Å². The average Bonchev–Trinajstić information content (AvgIpc) is 2.52. The van der Waals surface area contributed by atoms with Gasteiger partial charge in [-0.2, -0.15) is 0 Å². The molecule has 0 aromatic carbocycles. The van der Waals surface area contributed by atoms with Gasteiger partial charge in [0.2, 0.25) is 0 Å². The summed E-state index contributed by atoms with van der Waals surface area (Å²) in [6, 6.07) is 2.93. The van der Waals surface area contributed by atoms with Crippen LogP contribution in [0.25, 0.3) is 0 Å². The van der Waals surface area contributed by atoms with E-state index in [4.69, 9.17) is 10.6 Å². The van der Waals surface area contributed by atoms with E-state index >= 15 is 0 Å². The first-order valence-corrected chi connectivity index (χ1v) is 7.06. The number of nitrogens with zero attached hydrogens (tertiary/aromatic N) is 2. The molecule has 0 fully saturated rings. The summed E-state index contributed by atoms with van der Waals surface area (Å²) >= 11 is 0. The van der Waals surface area contributed by atoms with Crippen LogP contribution in [-0.2, 0) is 4.84 Å². The summed E-state index contributed by atoms with van der Waals surface area (Å²) in [7, 11) is 0. The molecule has 0 aliphatic carbocycles. The van der Waals surface area contributed by atoms with Gasteiger partial charge in [-0.15, -0.1) is 0 Å². The van der Waals surface area contributed by atoms with E-state index in [1.807, 2.05) is 18.7 Å². The largest absolute Gasteiger partial charge is 0.389 e. The number of hydrogen-bond donors (Lipinski definition) is 3. The highest BCUT2D eigenvalue weighted by Crippen LogP contribution is 2.04. The molecule has 0 radical (unpaired) electrons. The summed E-state index contributed by atoms with van der Waals surface area (Å²) in [4.78, 5) is 33.9. The third-order valence-corrected chi connectivity index (χ3v) is 3.09. The quantitative estimate of drug-likeness (QED) is 0.531. The summed E-state index contributed by atoms with van der Waals surface area (Å²) in [5.74, 6) is -1.44. The Morgan fingerprint density at radius 2 is 2.14 bits per heavy atom. The third-order valence-electron chi connectivity index (χ3n) is 3.09. The molecule has 0 bridgehead atoms. The molecule has 2 amide bonds. The number of rotatable bonds is 9. The highest BCUT2D eigenvalue weighted by Gasteiger charge is 2.17. The number of pyridine rings is 1. The standard InChI is InChI=1S/C14H22N4O4/c1-3-18(4-2)8-10(19)9-22-17-14(21)11-6-5-7-16-12(11)13(15)20/h5-7,10,19H,3-4,8-9H2,1-2H3,(H2,15,20)(H,17,21). The second-order valence-electron chi connectivity index (χ2n) is 4.65. The predicted octanol–water partition coefficient (Wildman–Crippen LogP) is -0.455. The van der Waals surface area contributed by atoms with Crippen molar-refractivity contribution in [2.24, 2.45) is 5.73 Å². The Morgan fingerprint density at radius 3 is 2.73 bits per heavy atom. The lowest BCUT2D eigenvalue weighted by Crippen LogP contribution is -2.37. The van der Waals surface area contributed by atoms with Crippen molar-refractivity contribution in [2.75, 3.05) is 26.2 Å². The molecule has 8 nitrogen and oxygen atoms in total. The van der Waals surface area contributed by atoms with Crippen LogP contribution in [0.15, 0.2) is 18.3 Å². The van der Waals surface area contributed by atoms with Crippen LogP contribution in [0.2, 0.25) is 0 Å². The number of aliphatic hydroxyl groups excluding tert-OH is 1. The Balaban J connectivity index is 2.49. The maximum absolute atomic E-state index is 11.9.